The van der Waals surface area contributed by atoms with Crippen LogP contribution in [0.15, 0.2) is 36.4 Å². The van der Waals surface area contributed by atoms with Crippen LogP contribution in [0.25, 0.3) is 0 Å². The average Bonchev–Trinajstić information content (AvgIpc) is 2.67. The van der Waals surface area contributed by atoms with Crippen molar-refractivity contribution in [2.45, 2.75) is 45.3 Å². The molecular weight excluding hydrogens is 423 g/mol. The number of nitrogens with zero attached hydrogens (tertiary/aromatic N) is 2. The maximum absolute atomic E-state index is 13.2. The van der Waals surface area contributed by atoms with E-state index in [1.165, 1.54) is 12.1 Å². The van der Waals surface area contributed by atoms with E-state index in [0.717, 1.165) is 18.9 Å². The number of hydrogen-bond donors (Lipinski definition) is 2. The quantitative estimate of drug-likeness (QED) is 0.692. The number of anilines is 2. The minimum atomic E-state index is -0.515. The summed E-state index contributed by atoms with van der Waals surface area (Å²) in [6, 6.07) is 8.97. The summed E-state index contributed by atoms with van der Waals surface area (Å²) >= 11 is 5.95. The summed E-state index contributed by atoms with van der Waals surface area (Å²) in [6.45, 7) is 6.72. The largest absolute Gasteiger partial charge is 0.444 e. The second kappa shape index (κ2) is 9.51. The van der Waals surface area contributed by atoms with Crippen molar-refractivity contribution in [2.75, 3.05) is 23.7 Å². The molecule has 166 valence electrons. The summed E-state index contributed by atoms with van der Waals surface area (Å²) < 4.78 is 18.6. The van der Waals surface area contributed by atoms with E-state index >= 15 is 0 Å². The lowest BCUT2D eigenvalue weighted by Crippen LogP contribution is -2.44. The molecule has 0 unspecified atom stereocenters. The van der Waals surface area contributed by atoms with Crippen molar-refractivity contribution in [3.63, 3.8) is 0 Å². The fourth-order valence-electron chi connectivity index (χ4n) is 3.18. The van der Waals surface area contributed by atoms with E-state index in [1.54, 1.807) is 23.1 Å². The van der Waals surface area contributed by atoms with Gasteiger partial charge in [-0.25, -0.2) is 14.2 Å². The topological polar surface area (TPSA) is 83.6 Å². The molecule has 1 aliphatic rings. The van der Waals surface area contributed by atoms with Crippen LogP contribution >= 0.6 is 11.6 Å². The molecule has 1 aromatic carbocycles. The van der Waals surface area contributed by atoms with Gasteiger partial charge in [0.05, 0.1) is 10.6 Å². The van der Waals surface area contributed by atoms with Gasteiger partial charge in [0, 0.05) is 19.1 Å². The number of carbonyl (C=O) groups is 2. The molecule has 3 rings (SSSR count). The molecule has 0 bridgehead atoms. The highest BCUT2D eigenvalue weighted by atomic mass is 35.5. The van der Waals surface area contributed by atoms with Gasteiger partial charge in [0.1, 0.15) is 23.1 Å². The van der Waals surface area contributed by atoms with E-state index in [9.17, 15) is 14.0 Å². The number of halogens is 2. The monoisotopic (exact) mass is 448 g/mol. The Kier molecular flexibility index (Phi) is 7.00. The van der Waals surface area contributed by atoms with Gasteiger partial charge in [0.2, 0.25) is 0 Å². The van der Waals surface area contributed by atoms with Gasteiger partial charge in [-0.05, 0) is 63.9 Å². The van der Waals surface area contributed by atoms with Crippen molar-refractivity contribution < 1.29 is 18.7 Å². The first kappa shape index (κ1) is 22.8. The number of nitrogens with one attached hydrogen (secondary N) is 2. The number of pyridine rings is 1. The molecule has 0 aliphatic carbocycles. The fourth-order valence-corrected chi connectivity index (χ4v) is 3.44. The number of hydrogen-bond acceptors (Lipinski definition) is 5. The maximum Gasteiger partial charge on any atom is 0.410 e. The van der Waals surface area contributed by atoms with Crippen molar-refractivity contribution in [3.8, 4) is 0 Å². The first-order chi connectivity index (χ1) is 14.6. The Labute approximate surface area is 185 Å². The third-order valence-electron chi connectivity index (χ3n) is 4.67. The number of amides is 2. The first-order valence-electron chi connectivity index (χ1n) is 10.1. The molecule has 0 saturated carbocycles. The Morgan fingerprint density at radius 1 is 1.16 bits per heavy atom. The minimum Gasteiger partial charge on any atom is -0.444 e. The number of piperidine rings is 1. The Hall–Kier alpha value is -2.87. The summed E-state index contributed by atoms with van der Waals surface area (Å²) in [7, 11) is 0. The molecule has 2 N–H and O–H groups in total. The SMILES string of the molecule is CC(C)(C)OC(=O)N1CCC(Nc2cccc(NC(=O)c3ccc(F)cc3Cl)n2)CC1. The van der Waals surface area contributed by atoms with Gasteiger partial charge in [0.15, 0.2) is 0 Å². The highest BCUT2D eigenvalue weighted by Gasteiger charge is 2.27. The number of rotatable bonds is 4. The first-order valence-corrected chi connectivity index (χ1v) is 10.5. The molecule has 2 aromatic rings. The van der Waals surface area contributed by atoms with Crippen LogP contribution in [-0.2, 0) is 4.74 Å². The molecule has 1 saturated heterocycles. The van der Waals surface area contributed by atoms with Crippen molar-refractivity contribution in [2.24, 2.45) is 0 Å². The van der Waals surface area contributed by atoms with Crippen molar-refractivity contribution in [1.82, 2.24) is 9.88 Å². The van der Waals surface area contributed by atoms with Gasteiger partial charge in [0.25, 0.3) is 5.91 Å². The molecule has 2 amide bonds. The minimum absolute atomic E-state index is 0.0310. The lowest BCUT2D eigenvalue weighted by atomic mass is 10.1. The number of ether oxygens (including phenoxy) is 1. The van der Waals surface area contributed by atoms with Crippen LogP contribution in [0.3, 0.4) is 0 Å². The summed E-state index contributed by atoms with van der Waals surface area (Å²) in [5.41, 5.74) is -0.350. The van der Waals surface area contributed by atoms with Gasteiger partial charge >= 0.3 is 6.09 Å². The molecule has 1 aromatic heterocycles. The van der Waals surface area contributed by atoms with Crippen molar-refractivity contribution in [1.29, 1.82) is 0 Å². The second-order valence-corrected chi connectivity index (χ2v) is 8.78. The molecule has 9 heteroatoms. The molecule has 1 aliphatic heterocycles. The standard InChI is InChI=1S/C22H26ClFN4O3/c1-22(2,3)31-21(30)28-11-9-15(10-12-28)25-18-5-4-6-19(26-18)27-20(29)16-8-7-14(24)13-17(16)23/h4-8,13,15H,9-12H2,1-3H3,(H2,25,26,27,29). The Bertz CT molecular complexity index is 956. The summed E-state index contributed by atoms with van der Waals surface area (Å²) in [5, 5.41) is 6.05. The predicted molar refractivity (Wildman–Crippen MR) is 118 cm³/mol. The van der Waals surface area contributed by atoms with Crippen LogP contribution in [0.4, 0.5) is 20.8 Å². The van der Waals surface area contributed by atoms with Crippen molar-refractivity contribution >= 4 is 35.2 Å². The highest BCUT2D eigenvalue weighted by Crippen LogP contribution is 2.21. The Morgan fingerprint density at radius 2 is 1.84 bits per heavy atom. The predicted octanol–water partition coefficient (Wildman–Crippen LogP) is 4.94. The van der Waals surface area contributed by atoms with E-state index in [1.807, 2.05) is 20.8 Å². The zero-order valence-corrected chi connectivity index (χ0v) is 18.5. The van der Waals surface area contributed by atoms with Gasteiger partial charge in [-0.2, -0.15) is 0 Å². The third-order valence-corrected chi connectivity index (χ3v) is 4.98. The molecule has 1 fully saturated rings. The maximum atomic E-state index is 13.2. The zero-order valence-electron chi connectivity index (χ0n) is 17.7. The lowest BCUT2D eigenvalue weighted by molar-refractivity contribution is 0.0210. The van der Waals surface area contributed by atoms with Crippen LogP contribution < -0.4 is 10.6 Å². The lowest BCUT2D eigenvalue weighted by Gasteiger charge is -2.33. The van der Waals surface area contributed by atoms with Crippen LogP contribution in [0.2, 0.25) is 5.02 Å². The van der Waals surface area contributed by atoms with Gasteiger partial charge in [-0.15, -0.1) is 0 Å². The summed E-state index contributed by atoms with van der Waals surface area (Å²) in [4.78, 5) is 30.7. The van der Waals surface area contributed by atoms with Gasteiger partial charge in [-0.1, -0.05) is 17.7 Å². The van der Waals surface area contributed by atoms with Crippen molar-refractivity contribution in [3.05, 3.63) is 52.8 Å². The highest BCUT2D eigenvalue weighted by molar-refractivity contribution is 6.34. The van der Waals surface area contributed by atoms with Crippen LogP contribution in [-0.4, -0.2) is 46.6 Å². The average molecular weight is 449 g/mol. The fraction of sp³-hybridized carbons (Fsp3) is 0.409. The molecule has 0 atom stereocenters. The van der Waals surface area contributed by atoms with Crippen LogP contribution in [0, 0.1) is 5.82 Å². The Balaban J connectivity index is 1.55. The van der Waals surface area contributed by atoms with E-state index in [-0.39, 0.29) is 22.7 Å². The normalized spacial score (nSPS) is 14.8. The molecule has 31 heavy (non-hydrogen) atoms. The molecule has 2 heterocycles. The Morgan fingerprint density at radius 3 is 2.48 bits per heavy atom. The molecular formula is C22H26ClFN4O3. The number of carbonyl (C=O) groups excluding carboxylic acids is 2. The third kappa shape index (κ3) is 6.55. The van der Waals surface area contributed by atoms with E-state index in [4.69, 9.17) is 16.3 Å². The molecule has 7 nitrogen and oxygen atoms in total. The second-order valence-electron chi connectivity index (χ2n) is 8.37. The number of benzene rings is 1. The zero-order chi connectivity index (χ0) is 22.6. The molecule has 0 spiro atoms. The van der Waals surface area contributed by atoms with Gasteiger partial charge in [-0.3, -0.25) is 4.79 Å². The number of likely N-dealkylation sites (tertiary alicyclic amines) is 1. The van der Waals surface area contributed by atoms with E-state index < -0.39 is 17.3 Å². The summed E-state index contributed by atoms with van der Waals surface area (Å²) in [5.74, 6) is -0.0239. The van der Waals surface area contributed by atoms with Gasteiger partial charge < -0.3 is 20.3 Å². The number of aromatic nitrogens is 1. The van der Waals surface area contributed by atoms with E-state index in [0.29, 0.717) is 24.7 Å². The van der Waals surface area contributed by atoms with Crippen LogP contribution in [0.1, 0.15) is 44.0 Å². The van der Waals surface area contributed by atoms with E-state index in [2.05, 4.69) is 15.6 Å². The van der Waals surface area contributed by atoms with Crippen LogP contribution in [0.5, 0.6) is 0 Å². The molecule has 0 radical (unpaired) electrons. The summed E-state index contributed by atoms with van der Waals surface area (Å²) in [6.07, 6.45) is 1.21. The smallest absolute Gasteiger partial charge is 0.410 e.